The molecule has 2 N–H and O–H groups in total. The van der Waals surface area contributed by atoms with E-state index in [2.05, 4.69) is 38.0 Å². The van der Waals surface area contributed by atoms with Crippen LogP contribution in [0.25, 0.3) is 0 Å². The van der Waals surface area contributed by atoms with Crippen molar-refractivity contribution in [2.75, 3.05) is 27.2 Å². The maximum Gasteiger partial charge on any atom is 0.0611 e. The molecule has 3 nitrogen and oxygen atoms in total. The summed E-state index contributed by atoms with van der Waals surface area (Å²) >= 11 is 0. The predicted octanol–water partition coefficient (Wildman–Crippen LogP) is 1.47. The SMILES string of the molecule is CCCCN(C)C(C)CC(C)(CO)NC. The second kappa shape index (κ2) is 7.20. The van der Waals surface area contributed by atoms with Crippen LogP contribution in [0.15, 0.2) is 0 Å². The van der Waals surface area contributed by atoms with Crippen molar-refractivity contribution in [3.8, 4) is 0 Å². The Bertz CT molecular complexity index is 158. The minimum atomic E-state index is -0.153. The van der Waals surface area contributed by atoms with Gasteiger partial charge >= 0.3 is 0 Å². The van der Waals surface area contributed by atoms with Gasteiger partial charge in [-0.05, 0) is 47.3 Å². The van der Waals surface area contributed by atoms with Crippen LogP contribution in [-0.4, -0.2) is 48.8 Å². The summed E-state index contributed by atoms with van der Waals surface area (Å²) in [6.07, 6.45) is 3.46. The fourth-order valence-corrected chi connectivity index (χ4v) is 1.68. The summed E-state index contributed by atoms with van der Waals surface area (Å²) in [5.41, 5.74) is -0.153. The molecule has 0 amide bonds. The van der Waals surface area contributed by atoms with Crippen LogP contribution in [-0.2, 0) is 0 Å². The average Bonchev–Trinajstić information content (AvgIpc) is 2.25. The first-order chi connectivity index (χ1) is 6.99. The van der Waals surface area contributed by atoms with Gasteiger partial charge in [0.2, 0.25) is 0 Å². The van der Waals surface area contributed by atoms with Gasteiger partial charge in [-0.2, -0.15) is 0 Å². The zero-order valence-electron chi connectivity index (χ0n) is 11.0. The van der Waals surface area contributed by atoms with Crippen molar-refractivity contribution >= 4 is 0 Å². The monoisotopic (exact) mass is 216 g/mol. The van der Waals surface area contributed by atoms with Gasteiger partial charge in [-0.15, -0.1) is 0 Å². The molecular formula is C12H28N2O. The molecule has 3 heteroatoms. The standard InChI is InChI=1S/C12H28N2O/c1-6-7-8-14(5)11(2)9-12(3,10-15)13-4/h11,13,15H,6-10H2,1-5H3. The molecule has 0 saturated carbocycles. The zero-order valence-corrected chi connectivity index (χ0v) is 11.0. The molecular weight excluding hydrogens is 188 g/mol. The minimum absolute atomic E-state index is 0.153. The normalized spacial score (nSPS) is 17.8. The molecule has 0 radical (unpaired) electrons. The fraction of sp³-hybridized carbons (Fsp3) is 1.00. The van der Waals surface area contributed by atoms with Crippen molar-refractivity contribution in [2.24, 2.45) is 0 Å². The van der Waals surface area contributed by atoms with E-state index in [1.54, 1.807) is 0 Å². The van der Waals surface area contributed by atoms with Gasteiger partial charge in [0.1, 0.15) is 0 Å². The molecule has 0 saturated heterocycles. The third-order valence-electron chi connectivity index (χ3n) is 3.32. The van der Waals surface area contributed by atoms with E-state index in [1.807, 2.05) is 7.05 Å². The molecule has 2 unspecified atom stereocenters. The summed E-state index contributed by atoms with van der Waals surface area (Å²) in [5, 5.41) is 12.5. The smallest absolute Gasteiger partial charge is 0.0611 e. The molecule has 0 rings (SSSR count). The second-order valence-corrected chi connectivity index (χ2v) is 4.86. The second-order valence-electron chi connectivity index (χ2n) is 4.86. The van der Waals surface area contributed by atoms with E-state index in [4.69, 9.17) is 0 Å². The summed E-state index contributed by atoms with van der Waals surface area (Å²) in [6, 6.07) is 0.501. The van der Waals surface area contributed by atoms with E-state index >= 15 is 0 Å². The number of aliphatic hydroxyl groups is 1. The van der Waals surface area contributed by atoms with E-state index in [0.717, 1.165) is 13.0 Å². The first-order valence-corrected chi connectivity index (χ1v) is 5.99. The molecule has 0 aliphatic heterocycles. The number of aliphatic hydroxyl groups excluding tert-OH is 1. The Labute approximate surface area is 94.9 Å². The molecule has 0 spiro atoms. The Kier molecular flexibility index (Phi) is 7.14. The van der Waals surface area contributed by atoms with Crippen LogP contribution >= 0.6 is 0 Å². The van der Waals surface area contributed by atoms with E-state index < -0.39 is 0 Å². The number of rotatable bonds is 8. The van der Waals surface area contributed by atoms with Crippen molar-refractivity contribution in [1.82, 2.24) is 10.2 Å². The number of hydrogen-bond acceptors (Lipinski definition) is 3. The summed E-state index contributed by atoms with van der Waals surface area (Å²) in [5.74, 6) is 0. The number of nitrogens with zero attached hydrogens (tertiary/aromatic N) is 1. The molecule has 0 aromatic heterocycles. The van der Waals surface area contributed by atoms with Gasteiger partial charge in [-0.1, -0.05) is 13.3 Å². The molecule has 0 aromatic rings. The number of unbranched alkanes of at least 4 members (excludes halogenated alkanes) is 1. The summed E-state index contributed by atoms with van der Waals surface area (Å²) < 4.78 is 0. The molecule has 0 heterocycles. The van der Waals surface area contributed by atoms with Crippen LogP contribution in [0.5, 0.6) is 0 Å². The van der Waals surface area contributed by atoms with Crippen LogP contribution in [0.4, 0.5) is 0 Å². The van der Waals surface area contributed by atoms with E-state index in [1.165, 1.54) is 12.8 Å². The summed E-state index contributed by atoms with van der Waals surface area (Å²) in [4.78, 5) is 2.37. The topological polar surface area (TPSA) is 35.5 Å². The van der Waals surface area contributed by atoms with E-state index in [-0.39, 0.29) is 12.1 Å². The van der Waals surface area contributed by atoms with Crippen LogP contribution < -0.4 is 5.32 Å². The first-order valence-electron chi connectivity index (χ1n) is 5.99. The molecule has 0 aromatic carbocycles. The highest BCUT2D eigenvalue weighted by atomic mass is 16.3. The van der Waals surface area contributed by atoms with Crippen LogP contribution in [0, 0.1) is 0 Å². The highest BCUT2D eigenvalue weighted by molar-refractivity contribution is 4.85. The van der Waals surface area contributed by atoms with Crippen molar-refractivity contribution in [3.05, 3.63) is 0 Å². The maximum atomic E-state index is 9.31. The Balaban J connectivity index is 4.03. The Morgan fingerprint density at radius 2 is 2.07 bits per heavy atom. The Morgan fingerprint density at radius 1 is 1.47 bits per heavy atom. The molecule has 92 valence electrons. The van der Waals surface area contributed by atoms with Crippen LogP contribution in [0.2, 0.25) is 0 Å². The number of nitrogens with one attached hydrogen (secondary N) is 1. The average molecular weight is 216 g/mol. The molecule has 2 atom stereocenters. The van der Waals surface area contributed by atoms with E-state index in [9.17, 15) is 5.11 Å². The lowest BCUT2D eigenvalue weighted by Crippen LogP contribution is -2.48. The van der Waals surface area contributed by atoms with Crippen LogP contribution in [0.1, 0.15) is 40.0 Å². The highest BCUT2D eigenvalue weighted by Crippen LogP contribution is 2.14. The van der Waals surface area contributed by atoms with Gasteiger partial charge in [-0.25, -0.2) is 0 Å². The minimum Gasteiger partial charge on any atom is -0.394 e. The molecule has 0 bridgehead atoms. The van der Waals surface area contributed by atoms with Crippen molar-refractivity contribution in [3.63, 3.8) is 0 Å². The molecule has 0 aliphatic carbocycles. The van der Waals surface area contributed by atoms with Gasteiger partial charge in [-0.3, -0.25) is 0 Å². The largest absolute Gasteiger partial charge is 0.394 e. The third kappa shape index (κ3) is 5.50. The van der Waals surface area contributed by atoms with Crippen molar-refractivity contribution in [1.29, 1.82) is 0 Å². The molecule has 0 fully saturated rings. The van der Waals surface area contributed by atoms with Gasteiger partial charge < -0.3 is 15.3 Å². The Hall–Kier alpha value is -0.120. The first kappa shape index (κ1) is 14.9. The third-order valence-corrected chi connectivity index (χ3v) is 3.32. The zero-order chi connectivity index (χ0) is 11.9. The predicted molar refractivity (Wildman–Crippen MR) is 66.2 cm³/mol. The van der Waals surface area contributed by atoms with Gasteiger partial charge in [0, 0.05) is 11.6 Å². The van der Waals surface area contributed by atoms with Crippen molar-refractivity contribution < 1.29 is 5.11 Å². The number of hydrogen-bond donors (Lipinski definition) is 2. The fourth-order valence-electron chi connectivity index (χ4n) is 1.68. The lowest BCUT2D eigenvalue weighted by atomic mass is 9.94. The van der Waals surface area contributed by atoms with Crippen LogP contribution in [0.3, 0.4) is 0 Å². The molecule has 0 aliphatic rings. The summed E-state index contributed by atoms with van der Waals surface area (Å²) in [6.45, 7) is 7.83. The number of likely N-dealkylation sites (N-methyl/N-ethyl adjacent to an activating group) is 1. The van der Waals surface area contributed by atoms with Gasteiger partial charge in [0.25, 0.3) is 0 Å². The maximum absolute atomic E-state index is 9.31. The Morgan fingerprint density at radius 3 is 2.47 bits per heavy atom. The summed E-state index contributed by atoms with van der Waals surface area (Å²) in [7, 11) is 4.07. The highest BCUT2D eigenvalue weighted by Gasteiger charge is 2.25. The lowest BCUT2D eigenvalue weighted by Gasteiger charge is -2.34. The van der Waals surface area contributed by atoms with Gasteiger partial charge in [0.05, 0.1) is 6.61 Å². The quantitative estimate of drug-likeness (QED) is 0.645. The lowest BCUT2D eigenvalue weighted by molar-refractivity contribution is 0.132. The van der Waals surface area contributed by atoms with Crippen molar-refractivity contribution in [2.45, 2.75) is 51.6 Å². The molecule has 15 heavy (non-hydrogen) atoms. The van der Waals surface area contributed by atoms with E-state index in [0.29, 0.717) is 6.04 Å². The van der Waals surface area contributed by atoms with Gasteiger partial charge in [0.15, 0.2) is 0 Å².